The summed E-state index contributed by atoms with van der Waals surface area (Å²) in [6.45, 7) is 6.13. The Morgan fingerprint density at radius 1 is 1.19 bits per heavy atom. The first-order valence-electron chi connectivity index (χ1n) is 10.2. The summed E-state index contributed by atoms with van der Waals surface area (Å²) in [7, 11) is 0. The molecule has 2 heterocycles. The van der Waals surface area contributed by atoms with Crippen LogP contribution in [-0.4, -0.2) is 57.6 Å². The molecule has 164 valence electrons. The number of benzene rings is 1. The number of aryl methyl sites for hydroxylation is 2. The number of carbonyl (C=O) groups excluding carboxylic acids is 2. The van der Waals surface area contributed by atoms with Crippen LogP contribution < -0.4 is 0 Å². The Morgan fingerprint density at radius 3 is 2.52 bits per heavy atom. The summed E-state index contributed by atoms with van der Waals surface area (Å²) in [4.78, 5) is 28.8. The molecule has 0 atom stereocenters. The maximum Gasteiger partial charge on any atom is 0.255 e. The zero-order valence-corrected chi connectivity index (χ0v) is 18.5. The first kappa shape index (κ1) is 22.8. The van der Waals surface area contributed by atoms with Gasteiger partial charge in [0.15, 0.2) is 0 Å². The van der Waals surface area contributed by atoms with E-state index >= 15 is 0 Å². The van der Waals surface area contributed by atoms with Crippen LogP contribution in [-0.2, 0) is 17.8 Å². The molecule has 0 aliphatic carbocycles. The van der Waals surface area contributed by atoms with Gasteiger partial charge >= 0.3 is 0 Å². The number of carbonyl (C=O) groups is 2. The van der Waals surface area contributed by atoms with Gasteiger partial charge in [-0.3, -0.25) is 14.3 Å². The van der Waals surface area contributed by atoms with Crippen molar-refractivity contribution in [1.29, 1.82) is 5.26 Å². The summed E-state index contributed by atoms with van der Waals surface area (Å²) in [6.07, 6.45) is 1.35. The smallest absolute Gasteiger partial charge is 0.255 e. The molecule has 2 amide bonds. The van der Waals surface area contributed by atoms with Gasteiger partial charge in [0.1, 0.15) is 5.82 Å². The lowest BCUT2D eigenvalue weighted by molar-refractivity contribution is -0.132. The van der Waals surface area contributed by atoms with E-state index in [0.29, 0.717) is 52.0 Å². The Balaban J connectivity index is 1.53. The predicted octanol–water partition coefficient (Wildman–Crippen LogP) is 3.12. The van der Waals surface area contributed by atoms with E-state index in [1.807, 2.05) is 18.5 Å². The molecule has 0 N–H and O–H groups in total. The van der Waals surface area contributed by atoms with E-state index < -0.39 is 5.82 Å². The standard InChI is InChI=1S/C22H25ClFN5O2/c1-15-18(16(2)29(26-15)9-3-8-25)6-7-21(30)27-10-12-28(13-11-27)22(31)19-5-4-17(24)14-20(19)23/h4-5,14H,3,6-7,9-13H2,1-2H3. The third-order valence-electron chi connectivity index (χ3n) is 5.64. The third kappa shape index (κ3) is 5.23. The van der Waals surface area contributed by atoms with Gasteiger partial charge in [0, 0.05) is 38.3 Å². The Bertz CT molecular complexity index is 1020. The molecule has 2 aromatic rings. The summed E-state index contributed by atoms with van der Waals surface area (Å²) in [5.41, 5.74) is 3.19. The van der Waals surface area contributed by atoms with E-state index in [0.717, 1.165) is 23.0 Å². The highest BCUT2D eigenvalue weighted by molar-refractivity contribution is 6.33. The molecule has 0 spiro atoms. The fourth-order valence-electron chi connectivity index (χ4n) is 3.85. The van der Waals surface area contributed by atoms with Gasteiger partial charge in [-0.1, -0.05) is 11.6 Å². The molecule has 7 nitrogen and oxygen atoms in total. The molecule has 1 aromatic carbocycles. The number of piperazine rings is 1. The molecule has 1 aromatic heterocycles. The molecule has 0 radical (unpaired) electrons. The highest BCUT2D eigenvalue weighted by Crippen LogP contribution is 2.21. The molecule has 0 bridgehead atoms. The second-order valence-corrected chi connectivity index (χ2v) is 7.98. The van der Waals surface area contributed by atoms with Crippen LogP contribution in [0.1, 0.15) is 40.2 Å². The lowest BCUT2D eigenvalue weighted by atomic mass is 10.1. The number of hydrogen-bond donors (Lipinski definition) is 0. The predicted molar refractivity (Wildman–Crippen MR) is 114 cm³/mol. The van der Waals surface area contributed by atoms with Crippen molar-refractivity contribution in [2.45, 2.75) is 39.7 Å². The molecule has 3 rings (SSSR count). The molecule has 1 saturated heterocycles. The van der Waals surface area contributed by atoms with Crippen molar-refractivity contribution in [2.24, 2.45) is 0 Å². The van der Waals surface area contributed by atoms with Crippen molar-refractivity contribution >= 4 is 23.4 Å². The number of nitriles is 1. The molecule has 31 heavy (non-hydrogen) atoms. The molecule has 1 aliphatic heterocycles. The van der Waals surface area contributed by atoms with Crippen molar-refractivity contribution in [3.8, 4) is 6.07 Å². The van der Waals surface area contributed by atoms with Crippen LogP contribution in [0.4, 0.5) is 4.39 Å². The average Bonchev–Trinajstić information content (AvgIpc) is 3.02. The van der Waals surface area contributed by atoms with E-state index in [4.69, 9.17) is 16.9 Å². The van der Waals surface area contributed by atoms with Gasteiger partial charge in [-0.05, 0) is 44.0 Å². The highest BCUT2D eigenvalue weighted by atomic mass is 35.5. The molecule has 9 heteroatoms. The molecule has 0 saturated carbocycles. The van der Waals surface area contributed by atoms with Gasteiger partial charge in [0.05, 0.1) is 35.3 Å². The number of nitrogens with zero attached hydrogens (tertiary/aromatic N) is 5. The number of rotatable bonds is 6. The number of halogens is 2. The minimum atomic E-state index is -0.488. The van der Waals surface area contributed by atoms with Crippen LogP contribution >= 0.6 is 11.6 Å². The van der Waals surface area contributed by atoms with Gasteiger partial charge in [-0.15, -0.1) is 0 Å². The highest BCUT2D eigenvalue weighted by Gasteiger charge is 2.26. The second kappa shape index (κ2) is 9.92. The molecule has 0 unspecified atom stereocenters. The van der Waals surface area contributed by atoms with Gasteiger partial charge < -0.3 is 9.80 Å². The summed E-state index contributed by atoms with van der Waals surface area (Å²) >= 11 is 6.00. The van der Waals surface area contributed by atoms with Crippen LogP contribution in [0.5, 0.6) is 0 Å². The maximum absolute atomic E-state index is 13.2. The summed E-state index contributed by atoms with van der Waals surface area (Å²) in [6, 6.07) is 5.85. The maximum atomic E-state index is 13.2. The number of amides is 2. The van der Waals surface area contributed by atoms with Crippen molar-refractivity contribution in [1.82, 2.24) is 19.6 Å². The monoisotopic (exact) mass is 445 g/mol. The van der Waals surface area contributed by atoms with Gasteiger partial charge in [0.2, 0.25) is 5.91 Å². The minimum absolute atomic E-state index is 0.0375. The molecule has 1 fully saturated rings. The quantitative estimate of drug-likeness (QED) is 0.684. The van der Waals surface area contributed by atoms with Crippen LogP contribution in [0.2, 0.25) is 5.02 Å². The largest absolute Gasteiger partial charge is 0.339 e. The molecular weight excluding hydrogens is 421 g/mol. The van der Waals surface area contributed by atoms with E-state index in [1.165, 1.54) is 12.1 Å². The first-order valence-corrected chi connectivity index (χ1v) is 10.6. The van der Waals surface area contributed by atoms with E-state index in [1.54, 1.807) is 9.80 Å². The second-order valence-electron chi connectivity index (χ2n) is 7.58. The Labute approximate surface area is 186 Å². The van der Waals surface area contributed by atoms with E-state index in [-0.39, 0.29) is 22.4 Å². The van der Waals surface area contributed by atoms with Gasteiger partial charge in [0.25, 0.3) is 5.91 Å². The summed E-state index contributed by atoms with van der Waals surface area (Å²) < 4.78 is 15.0. The van der Waals surface area contributed by atoms with Crippen LogP contribution in [0.3, 0.4) is 0 Å². The summed E-state index contributed by atoms with van der Waals surface area (Å²) in [5, 5.41) is 13.3. The SMILES string of the molecule is Cc1nn(CCC#N)c(C)c1CCC(=O)N1CCN(C(=O)c2ccc(F)cc2Cl)CC1. The Kier molecular flexibility index (Phi) is 7.29. The van der Waals surface area contributed by atoms with Crippen LogP contribution in [0, 0.1) is 31.0 Å². The van der Waals surface area contributed by atoms with E-state index in [2.05, 4.69) is 11.2 Å². The zero-order chi connectivity index (χ0) is 22.5. The van der Waals surface area contributed by atoms with Gasteiger partial charge in [-0.2, -0.15) is 10.4 Å². The van der Waals surface area contributed by atoms with Crippen molar-refractivity contribution in [2.75, 3.05) is 26.2 Å². The van der Waals surface area contributed by atoms with Crippen LogP contribution in [0.25, 0.3) is 0 Å². The topological polar surface area (TPSA) is 82.2 Å². The number of hydrogen-bond acceptors (Lipinski definition) is 4. The Hall–Kier alpha value is -2.92. The van der Waals surface area contributed by atoms with Crippen molar-refractivity contribution in [3.05, 3.63) is 51.6 Å². The number of aromatic nitrogens is 2. The lowest BCUT2D eigenvalue weighted by Crippen LogP contribution is -2.50. The fourth-order valence-corrected chi connectivity index (χ4v) is 4.10. The van der Waals surface area contributed by atoms with Crippen LogP contribution in [0.15, 0.2) is 18.2 Å². The average molecular weight is 446 g/mol. The van der Waals surface area contributed by atoms with Crippen molar-refractivity contribution in [3.63, 3.8) is 0 Å². The summed E-state index contributed by atoms with van der Waals surface area (Å²) in [5.74, 6) is -0.707. The van der Waals surface area contributed by atoms with E-state index in [9.17, 15) is 14.0 Å². The lowest BCUT2D eigenvalue weighted by Gasteiger charge is -2.35. The molecule has 1 aliphatic rings. The first-order chi connectivity index (χ1) is 14.8. The van der Waals surface area contributed by atoms with Gasteiger partial charge in [-0.25, -0.2) is 4.39 Å². The normalized spacial score (nSPS) is 13.9. The third-order valence-corrected chi connectivity index (χ3v) is 5.95. The molecular formula is C22H25ClFN5O2. The zero-order valence-electron chi connectivity index (χ0n) is 17.7. The van der Waals surface area contributed by atoms with Crippen molar-refractivity contribution < 1.29 is 14.0 Å². The fraction of sp³-hybridized carbons (Fsp3) is 0.455. The Morgan fingerprint density at radius 2 is 1.87 bits per heavy atom. The minimum Gasteiger partial charge on any atom is -0.339 e.